The van der Waals surface area contributed by atoms with Gasteiger partial charge in [0.15, 0.2) is 0 Å². The van der Waals surface area contributed by atoms with E-state index in [0.717, 1.165) is 35.2 Å². The summed E-state index contributed by atoms with van der Waals surface area (Å²) >= 11 is 3.48. The van der Waals surface area contributed by atoms with Gasteiger partial charge in [0.2, 0.25) is 5.91 Å². The lowest BCUT2D eigenvalue weighted by Gasteiger charge is -2.20. The third-order valence-electron chi connectivity index (χ3n) is 3.23. The van der Waals surface area contributed by atoms with Crippen molar-refractivity contribution >= 4 is 21.8 Å². The molecule has 1 fully saturated rings. The average Bonchev–Trinajstić information content (AvgIpc) is 3.07. The molecule has 0 atom stereocenters. The lowest BCUT2D eigenvalue weighted by molar-refractivity contribution is -0.132. The molecule has 0 N–H and O–H groups in total. The lowest BCUT2D eigenvalue weighted by atomic mass is 10.4. The van der Waals surface area contributed by atoms with Crippen LogP contribution in [0.3, 0.4) is 0 Å². The summed E-state index contributed by atoms with van der Waals surface area (Å²) in [6, 6.07) is 0.480. The van der Waals surface area contributed by atoms with Crippen molar-refractivity contribution in [2.45, 2.75) is 46.2 Å². The molecule has 1 aliphatic rings. The number of aromatic nitrogens is 2. The fourth-order valence-corrected chi connectivity index (χ4v) is 2.36. The standard InChI is InChI=1S/C12H18BrN3O/c1-4-15(10-5-6-10)11(17)7-16-9(3)12(13)8(2)14-16/h10H,4-7H2,1-3H3. The summed E-state index contributed by atoms with van der Waals surface area (Å²) in [6.45, 7) is 7.10. The van der Waals surface area contributed by atoms with Gasteiger partial charge in [0, 0.05) is 12.6 Å². The van der Waals surface area contributed by atoms with Crippen LogP contribution in [0, 0.1) is 13.8 Å². The summed E-state index contributed by atoms with van der Waals surface area (Å²) in [5.74, 6) is 0.174. The number of likely N-dealkylation sites (N-methyl/N-ethyl adjacent to an activating group) is 1. The number of aryl methyl sites for hydroxylation is 1. The van der Waals surface area contributed by atoms with Gasteiger partial charge in [0.05, 0.1) is 15.9 Å². The number of rotatable bonds is 4. The second-order valence-electron chi connectivity index (χ2n) is 4.55. The van der Waals surface area contributed by atoms with Crippen LogP contribution in [0.4, 0.5) is 0 Å². The third kappa shape index (κ3) is 2.54. The number of carbonyl (C=O) groups excluding carboxylic acids is 1. The Morgan fingerprint density at radius 3 is 2.59 bits per heavy atom. The van der Waals surface area contributed by atoms with Crippen LogP contribution in [-0.4, -0.2) is 33.2 Å². The fourth-order valence-electron chi connectivity index (χ4n) is 2.07. The van der Waals surface area contributed by atoms with E-state index in [0.29, 0.717) is 12.6 Å². The van der Waals surface area contributed by atoms with Gasteiger partial charge in [-0.3, -0.25) is 9.48 Å². The first-order chi connectivity index (χ1) is 8.04. The molecular formula is C12H18BrN3O. The first-order valence-corrected chi connectivity index (χ1v) is 6.82. The molecule has 4 nitrogen and oxygen atoms in total. The molecule has 5 heteroatoms. The first-order valence-electron chi connectivity index (χ1n) is 6.03. The first kappa shape index (κ1) is 12.6. The van der Waals surface area contributed by atoms with E-state index in [9.17, 15) is 4.79 Å². The quantitative estimate of drug-likeness (QED) is 0.855. The van der Waals surface area contributed by atoms with Gasteiger partial charge in [-0.25, -0.2) is 0 Å². The van der Waals surface area contributed by atoms with Crippen LogP contribution in [0.5, 0.6) is 0 Å². The monoisotopic (exact) mass is 299 g/mol. The van der Waals surface area contributed by atoms with Crippen LogP contribution in [-0.2, 0) is 11.3 Å². The Morgan fingerprint density at radius 2 is 2.18 bits per heavy atom. The molecule has 1 heterocycles. The van der Waals surface area contributed by atoms with Gasteiger partial charge in [-0.1, -0.05) is 0 Å². The van der Waals surface area contributed by atoms with Crippen LogP contribution in [0.1, 0.15) is 31.2 Å². The molecule has 1 aliphatic carbocycles. The van der Waals surface area contributed by atoms with Gasteiger partial charge in [-0.05, 0) is 49.5 Å². The minimum atomic E-state index is 0.174. The van der Waals surface area contributed by atoms with E-state index in [4.69, 9.17) is 0 Å². The number of amides is 1. The smallest absolute Gasteiger partial charge is 0.244 e. The Labute approximate surface area is 110 Å². The predicted octanol–water partition coefficient (Wildman–Crippen LogP) is 2.27. The molecule has 17 heavy (non-hydrogen) atoms. The Balaban J connectivity index is 2.09. The number of hydrogen-bond donors (Lipinski definition) is 0. The molecule has 94 valence electrons. The topological polar surface area (TPSA) is 38.1 Å². The maximum Gasteiger partial charge on any atom is 0.244 e. The molecule has 0 unspecified atom stereocenters. The molecule has 0 saturated heterocycles. The zero-order chi connectivity index (χ0) is 12.6. The van der Waals surface area contributed by atoms with Crippen molar-refractivity contribution in [3.8, 4) is 0 Å². The lowest BCUT2D eigenvalue weighted by Crippen LogP contribution is -2.35. The summed E-state index contributed by atoms with van der Waals surface area (Å²) in [7, 11) is 0. The zero-order valence-electron chi connectivity index (χ0n) is 10.5. The van der Waals surface area contributed by atoms with Crippen LogP contribution in [0.2, 0.25) is 0 Å². The Morgan fingerprint density at radius 1 is 1.53 bits per heavy atom. The fraction of sp³-hybridized carbons (Fsp3) is 0.667. The number of halogens is 1. The van der Waals surface area contributed by atoms with Crippen molar-refractivity contribution < 1.29 is 4.79 Å². The molecule has 0 aliphatic heterocycles. The average molecular weight is 300 g/mol. The van der Waals surface area contributed by atoms with Gasteiger partial charge < -0.3 is 4.90 Å². The second kappa shape index (κ2) is 4.80. The van der Waals surface area contributed by atoms with Crippen molar-refractivity contribution in [2.24, 2.45) is 0 Å². The highest BCUT2D eigenvalue weighted by atomic mass is 79.9. The van der Waals surface area contributed by atoms with Gasteiger partial charge in [-0.15, -0.1) is 0 Å². The Bertz CT molecular complexity index is 437. The minimum Gasteiger partial charge on any atom is -0.338 e. The highest BCUT2D eigenvalue weighted by molar-refractivity contribution is 9.10. The van der Waals surface area contributed by atoms with Crippen molar-refractivity contribution in [1.29, 1.82) is 0 Å². The minimum absolute atomic E-state index is 0.174. The van der Waals surface area contributed by atoms with E-state index < -0.39 is 0 Å². The Kier molecular flexibility index (Phi) is 3.56. The largest absolute Gasteiger partial charge is 0.338 e. The summed E-state index contributed by atoms with van der Waals surface area (Å²) < 4.78 is 2.78. The maximum absolute atomic E-state index is 12.1. The van der Waals surface area contributed by atoms with Crippen molar-refractivity contribution in [2.75, 3.05) is 6.54 Å². The van der Waals surface area contributed by atoms with Crippen molar-refractivity contribution in [1.82, 2.24) is 14.7 Å². The summed E-state index contributed by atoms with van der Waals surface area (Å²) in [5, 5.41) is 4.37. The van der Waals surface area contributed by atoms with Gasteiger partial charge in [0.1, 0.15) is 6.54 Å². The third-order valence-corrected chi connectivity index (χ3v) is 4.37. The molecule has 1 aromatic heterocycles. The van der Waals surface area contributed by atoms with Gasteiger partial charge in [-0.2, -0.15) is 5.10 Å². The van der Waals surface area contributed by atoms with E-state index in [-0.39, 0.29) is 5.91 Å². The SMILES string of the molecule is CCN(C(=O)Cn1nc(C)c(Br)c1C)C1CC1. The van der Waals surface area contributed by atoms with E-state index in [1.54, 1.807) is 4.68 Å². The molecule has 2 rings (SSSR count). The summed E-state index contributed by atoms with van der Waals surface area (Å²) in [4.78, 5) is 14.1. The predicted molar refractivity (Wildman–Crippen MR) is 69.8 cm³/mol. The second-order valence-corrected chi connectivity index (χ2v) is 5.35. The van der Waals surface area contributed by atoms with Crippen molar-refractivity contribution in [3.63, 3.8) is 0 Å². The molecule has 0 radical (unpaired) electrons. The highest BCUT2D eigenvalue weighted by Gasteiger charge is 2.31. The van der Waals surface area contributed by atoms with E-state index in [1.165, 1.54) is 0 Å². The number of carbonyl (C=O) groups is 1. The van der Waals surface area contributed by atoms with Gasteiger partial charge >= 0.3 is 0 Å². The van der Waals surface area contributed by atoms with Crippen LogP contribution in [0.25, 0.3) is 0 Å². The molecule has 1 aromatic rings. The molecule has 1 amide bonds. The molecule has 0 bridgehead atoms. The normalized spacial score (nSPS) is 15.1. The van der Waals surface area contributed by atoms with Crippen LogP contribution >= 0.6 is 15.9 Å². The van der Waals surface area contributed by atoms with Crippen molar-refractivity contribution in [3.05, 3.63) is 15.9 Å². The Hall–Kier alpha value is -0.840. The molecule has 1 saturated carbocycles. The zero-order valence-corrected chi connectivity index (χ0v) is 12.1. The summed E-state index contributed by atoms with van der Waals surface area (Å²) in [6.07, 6.45) is 2.31. The van der Waals surface area contributed by atoms with Gasteiger partial charge in [0.25, 0.3) is 0 Å². The highest BCUT2D eigenvalue weighted by Crippen LogP contribution is 2.27. The van der Waals surface area contributed by atoms with E-state index >= 15 is 0 Å². The van der Waals surface area contributed by atoms with Crippen LogP contribution in [0.15, 0.2) is 4.47 Å². The van der Waals surface area contributed by atoms with Crippen LogP contribution < -0.4 is 0 Å². The van der Waals surface area contributed by atoms with E-state index in [2.05, 4.69) is 21.0 Å². The van der Waals surface area contributed by atoms with E-state index in [1.807, 2.05) is 25.7 Å². The maximum atomic E-state index is 12.1. The molecule has 0 spiro atoms. The summed E-state index contributed by atoms with van der Waals surface area (Å²) in [5.41, 5.74) is 1.95. The molecular weight excluding hydrogens is 282 g/mol. The molecule has 0 aromatic carbocycles. The number of hydrogen-bond acceptors (Lipinski definition) is 2. The number of nitrogens with zero attached hydrogens (tertiary/aromatic N) is 3.